The highest BCUT2D eigenvalue weighted by Crippen LogP contribution is 2.06. The van der Waals surface area contributed by atoms with Crippen molar-refractivity contribution in [2.24, 2.45) is 0 Å². The molecule has 0 aliphatic heterocycles. The van der Waals surface area contributed by atoms with Gasteiger partial charge in [0.05, 0.1) is 5.75 Å². The zero-order valence-electron chi connectivity index (χ0n) is 3.32. The smallest absolute Gasteiger partial charge is 0.209 e. The summed E-state index contributed by atoms with van der Waals surface area (Å²) in [6, 6.07) is 0. The van der Waals surface area contributed by atoms with Gasteiger partial charge in [0.2, 0.25) is 0 Å². The van der Waals surface area contributed by atoms with Crippen LogP contribution in [0.1, 0.15) is 0 Å². The Kier molecular flexibility index (Phi) is 3.52. The highest BCUT2D eigenvalue weighted by atomic mass is 32.2. The molecule has 0 bridgehead atoms. The lowest BCUT2D eigenvalue weighted by Crippen LogP contribution is -1.82. The Morgan fingerprint density at radius 1 is 1.67 bits per heavy atom. The van der Waals surface area contributed by atoms with Gasteiger partial charge in [-0.15, -0.1) is 0 Å². The third-order valence-corrected chi connectivity index (χ3v) is 0.717. The van der Waals surface area contributed by atoms with Crippen molar-refractivity contribution in [3.05, 3.63) is 5.75 Å². The third-order valence-electron chi connectivity index (χ3n) is 0.239. The first-order valence-corrected chi connectivity index (χ1v) is 2.70. The predicted octanol–water partition coefficient (Wildman–Crippen LogP) is 1.78. The minimum Gasteiger partial charge on any atom is -0.209 e. The maximum absolute atomic E-state index is 11.0. The summed E-state index contributed by atoms with van der Waals surface area (Å²) in [6.45, 7) is 0. The van der Waals surface area contributed by atoms with E-state index in [1.54, 1.807) is 6.26 Å². The molecule has 0 aromatic heterocycles. The minimum absolute atomic E-state index is 0.875. The zero-order valence-corrected chi connectivity index (χ0v) is 4.14. The quantitative estimate of drug-likeness (QED) is 0.523. The predicted molar refractivity (Wildman–Crippen MR) is 23.8 cm³/mol. The molecule has 0 amide bonds. The zero-order chi connectivity index (χ0) is 4.99. The largest absolute Gasteiger partial charge is 0.251 e. The van der Waals surface area contributed by atoms with Crippen molar-refractivity contribution in [3.8, 4) is 0 Å². The van der Waals surface area contributed by atoms with Crippen molar-refractivity contribution in [1.29, 1.82) is 0 Å². The number of alkyl halides is 2. The first kappa shape index (κ1) is 6.21. The number of halogens is 2. The van der Waals surface area contributed by atoms with Crippen LogP contribution in [0.4, 0.5) is 8.78 Å². The summed E-state index contributed by atoms with van der Waals surface area (Å²) >= 11 is 1.03. The van der Waals surface area contributed by atoms with Crippen LogP contribution in [-0.2, 0) is 0 Å². The molecule has 0 saturated carbocycles. The van der Waals surface area contributed by atoms with Crippen molar-refractivity contribution >= 4 is 11.8 Å². The standard InChI is InChI=1S/C3H5F2S/c1-6-2-3(4)5/h2-3H,1H3. The second kappa shape index (κ2) is 3.40. The summed E-state index contributed by atoms with van der Waals surface area (Å²) in [5, 5.41) is 0. The van der Waals surface area contributed by atoms with Crippen molar-refractivity contribution < 1.29 is 8.78 Å². The van der Waals surface area contributed by atoms with E-state index in [9.17, 15) is 8.78 Å². The van der Waals surface area contributed by atoms with Gasteiger partial charge in [-0.3, -0.25) is 0 Å². The molecule has 37 valence electrons. The number of thioether (sulfide) groups is 1. The monoisotopic (exact) mass is 111 g/mol. The second-order valence-electron chi connectivity index (χ2n) is 0.706. The highest BCUT2D eigenvalue weighted by Gasteiger charge is 1.97. The van der Waals surface area contributed by atoms with Crippen LogP contribution >= 0.6 is 11.8 Å². The first-order chi connectivity index (χ1) is 2.77. The lowest BCUT2D eigenvalue weighted by Gasteiger charge is -1.87. The van der Waals surface area contributed by atoms with Gasteiger partial charge in [-0.05, 0) is 6.26 Å². The molecule has 0 N–H and O–H groups in total. The fourth-order valence-corrected chi connectivity index (χ4v) is 0.309. The lowest BCUT2D eigenvalue weighted by atomic mass is 10.9. The van der Waals surface area contributed by atoms with Crippen LogP contribution in [0.25, 0.3) is 0 Å². The van der Waals surface area contributed by atoms with Crippen LogP contribution in [0.15, 0.2) is 0 Å². The van der Waals surface area contributed by atoms with Gasteiger partial charge in [0.15, 0.2) is 0 Å². The van der Waals surface area contributed by atoms with Gasteiger partial charge in [0.25, 0.3) is 6.43 Å². The van der Waals surface area contributed by atoms with Crippen molar-refractivity contribution in [1.82, 2.24) is 0 Å². The van der Waals surface area contributed by atoms with E-state index in [-0.39, 0.29) is 0 Å². The SMILES string of the molecule is CS[CH]C(F)F. The fourth-order valence-electron chi connectivity index (χ4n) is 0.103. The molecular weight excluding hydrogens is 106 g/mol. The van der Waals surface area contributed by atoms with Crippen molar-refractivity contribution in [2.75, 3.05) is 6.26 Å². The van der Waals surface area contributed by atoms with E-state index in [0.717, 1.165) is 17.5 Å². The summed E-state index contributed by atoms with van der Waals surface area (Å²) < 4.78 is 21.9. The Bertz CT molecular complexity index is 30.0. The first-order valence-electron chi connectivity index (χ1n) is 1.41. The van der Waals surface area contributed by atoms with Crippen molar-refractivity contribution in [2.45, 2.75) is 6.43 Å². The molecule has 3 heteroatoms. The van der Waals surface area contributed by atoms with E-state index < -0.39 is 6.43 Å². The molecule has 0 aliphatic carbocycles. The van der Waals surface area contributed by atoms with Crippen LogP contribution in [0.5, 0.6) is 0 Å². The molecule has 0 unspecified atom stereocenters. The molecule has 0 heterocycles. The Labute approximate surface area is 39.9 Å². The molecule has 0 fully saturated rings. The van der Waals surface area contributed by atoms with Gasteiger partial charge in [0.1, 0.15) is 0 Å². The molecule has 6 heavy (non-hydrogen) atoms. The average molecular weight is 111 g/mol. The molecule has 0 spiro atoms. The number of hydrogen-bond acceptors (Lipinski definition) is 1. The fraction of sp³-hybridized carbons (Fsp3) is 0.667. The van der Waals surface area contributed by atoms with Crippen LogP contribution in [0, 0.1) is 5.75 Å². The van der Waals surface area contributed by atoms with E-state index in [4.69, 9.17) is 0 Å². The van der Waals surface area contributed by atoms with Crippen LogP contribution < -0.4 is 0 Å². The van der Waals surface area contributed by atoms with E-state index in [1.807, 2.05) is 0 Å². The molecule has 0 atom stereocenters. The normalized spacial score (nSPS) is 10.0. The maximum Gasteiger partial charge on any atom is 0.251 e. The number of hydrogen-bond donors (Lipinski definition) is 0. The summed E-state index contributed by atoms with van der Waals surface area (Å²) in [5.74, 6) is 0.875. The topological polar surface area (TPSA) is 0 Å². The Morgan fingerprint density at radius 3 is 2.17 bits per heavy atom. The van der Waals surface area contributed by atoms with Gasteiger partial charge in [-0.25, -0.2) is 8.78 Å². The summed E-state index contributed by atoms with van der Waals surface area (Å²) in [7, 11) is 0. The van der Waals surface area contributed by atoms with Crippen LogP contribution in [0.3, 0.4) is 0 Å². The Hall–Kier alpha value is 0.210. The van der Waals surface area contributed by atoms with Gasteiger partial charge >= 0.3 is 0 Å². The maximum atomic E-state index is 11.0. The molecule has 0 saturated heterocycles. The lowest BCUT2D eigenvalue weighted by molar-refractivity contribution is 0.196. The molecule has 0 nitrogen and oxygen atoms in total. The van der Waals surface area contributed by atoms with E-state index in [1.165, 1.54) is 0 Å². The Morgan fingerprint density at radius 2 is 2.17 bits per heavy atom. The van der Waals surface area contributed by atoms with Crippen LogP contribution in [0.2, 0.25) is 0 Å². The van der Waals surface area contributed by atoms with E-state index >= 15 is 0 Å². The van der Waals surface area contributed by atoms with E-state index in [0.29, 0.717) is 0 Å². The minimum atomic E-state index is -2.26. The number of rotatable bonds is 2. The van der Waals surface area contributed by atoms with Gasteiger partial charge in [-0.1, -0.05) is 0 Å². The molecule has 1 radical (unpaired) electrons. The van der Waals surface area contributed by atoms with Crippen LogP contribution in [-0.4, -0.2) is 12.7 Å². The van der Waals surface area contributed by atoms with Gasteiger partial charge in [-0.2, -0.15) is 11.8 Å². The summed E-state index contributed by atoms with van der Waals surface area (Å²) in [6.07, 6.45) is -0.661. The molecular formula is C3H5F2S. The third kappa shape index (κ3) is 4.21. The van der Waals surface area contributed by atoms with Gasteiger partial charge < -0.3 is 0 Å². The molecule has 0 aliphatic rings. The second-order valence-corrected chi connectivity index (χ2v) is 1.45. The summed E-state index contributed by atoms with van der Waals surface area (Å²) in [4.78, 5) is 0. The van der Waals surface area contributed by atoms with Crippen molar-refractivity contribution in [3.63, 3.8) is 0 Å². The van der Waals surface area contributed by atoms with Gasteiger partial charge in [0, 0.05) is 0 Å². The highest BCUT2D eigenvalue weighted by molar-refractivity contribution is 8.00. The Balaban J connectivity index is 2.63. The molecule has 0 rings (SSSR count). The van der Waals surface area contributed by atoms with E-state index in [2.05, 4.69) is 0 Å². The molecule has 0 aromatic carbocycles. The average Bonchev–Trinajstić information content (AvgIpc) is 1.35. The molecule has 0 aromatic rings. The summed E-state index contributed by atoms with van der Waals surface area (Å²) in [5.41, 5.74) is 0.